The molecule has 1 aromatic carbocycles. The molecule has 3 aromatic heterocycles. The van der Waals surface area contributed by atoms with Crippen LogP contribution in [0.15, 0.2) is 54.8 Å². The molecule has 132 valence electrons. The maximum absolute atomic E-state index is 11.7. The zero-order valence-corrected chi connectivity index (χ0v) is 14.9. The van der Waals surface area contributed by atoms with Gasteiger partial charge >= 0.3 is 5.63 Å². The van der Waals surface area contributed by atoms with Crippen LogP contribution in [0.3, 0.4) is 0 Å². The van der Waals surface area contributed by atoms with E-state index in [-0.39, 0.29) is 12.2 Å². The van der Waals surface area contributed by atoms with Crippen LogP contribution in [-0.4, -0.2) is 10.1 Å². The summed E-state index contributed by atoms with van der Waals surface area (Å²) in [4.78, 5) is 16.1. The van der Waals surface area contributed by atoms with Crippen LogP contribution in [0.1, 0.15) is 24.8 Å². The number of hydrogen-bond donors (Lipinski definition) is 0. The minimum Gasteiger partial charge on any atom is -0.484 e. The molecule has 0 spiro atoms. The summed E-state index contributed by atoms with van der Waals surface area (Å²) in [5, 5.41) is 8.78. The lowest BCUT2D eigenvalue weighted by atomic mass is 10.1. The van der Waals surface area contributed by atoms with Gasteiger partial charge in [-0.15, -0.1) is 0 Å². The average Bonchev–Trinajstić information content (AvgIpc) is 3.31. The second-order valence-electron chi connectivity index (χ2n) is 5.81. The normalized spacial score (nSPS) is 11.1. The van der Waals surface area contributed by atoms with Crippen molar-refractivity contribution in [2.75, 3.05) is 0 Å². The number of aryl methyl sites for hydroxylation is 1. The van der Waals surface area contributed by atoms with E-state index in [1.165, 1.54) is 0 Å². The summed E-state index contributed by atoms with van der Waals surface area (Å²) in [6, 6.07) is 8.95. The van der Waals surface area contributed by atoms with Gasteiger partial charge in [-0.2, -0.15) is 16.3 Å². The minimum absolute atomic E-state index is 0.140. The van der Waals surface area contributed by atoms with Crippen LogP contribution in [-0.2, 0) is 13.0 Å². The van der Waals surface area contributed by atoms with Crippen molar-refractivity contribution in [2.24, 2.45) is 0 Å². The molecule has 0 aliphatic heterocycles. The summed E-state index contributed by atoms with van der Waals surface area (Å²) in [7, 11) is 0. The predicted molar refractivity (Wildman–Crippen MR) is 98.4 cm³/mol. The second kappa shape index (κ2) is 7.13. The molecule has 0 saturated heterocycles. The van der Waals surface area contributed by atoms with Crippen LogP contribution in [0.2, 0.25) is 0 Å². The summed E-state index contributed by atoms with van der Waals surface area (Å²) in [6.45, 7) is 2.22. The molecule has 6 nitrogen and oxygen atoms in total. The molecular formula is C19H16N2O4S. The van der Waals surface area contributed by atoms with Gasteiger partial charge in [0.2, 0.25) is 5.82 Å². The third-order valence-electron chi connectivity index (χ3n) is 3.93. The molecule has 0 bridgehead atoms. The van der Waals surface area contributed by atoms with Gasteiger partial charge in [0.15, 0.2) is 6.61 Å². The number of rotatable bonds is 6. The number of thiophene rings is 1. The SMILES string of the molecule is CCCc1cc(=O)oc2cc(OCc3nc(-c4ccsc4)no3)ccc12. The van der Waals surface area contributed by atoms with E-state index in [2.05, 4.69) is 17.1 Å². The van der Waals surface area contributed by atoms with E-state index in [0.717, 1.165) is 29.4 Å². The van der Waals surface area contributed by atoms with E-state index in [1.807, 2.05) is 29.0 Å². The third kappa shape index (κ3) is 3.39. The molecule has 0 aliphatic carbocycles. The molecular weight excluding hydrogens is 352 g/mol. The van der Waals surface area contributed by atoms with E-state index in [9.17, 15) is 4.79 Å². The van der Waals surface area contributed by atoms with Crippen LogP contribution >= 0.6 is 11.3 Å². The molecule has 0 saturated carbocycles. The lowest BCUT2D eigenvalue weighted by molar-refractivity contribution is 0.243. The molecule has 4 aromatic rings. The molecule has 7 heteroatoms. The summed E-state index contributed by atoms with van der Waals surface area (Å²) in [5.41, 5.74) is 2.07. The fourth-order valence-corrected chi connectivity index (χ4v) is 3.38. The quantitative estimate of drug-likeness (QED) is 0.468. The van der Waals surface area contributed by atoms with E-state index in [0.29, 0.717) is 23.0 Å². The molecule has 0 amide bonds. The van der Waals surface area contributed by atoms with Crippen LogP contribution in [0.4, 0.5) is 0 Å². The van der Waals surface area contributed by atoms with Crippen molar-refractivity contribution in [3.8, 4) is 17.1 Å². The highest BCUT2D eigenvalue weighted by atomic mass is 32.1. The molecule has 26 heavy (non-hydrogen) atoms. The van der Waals surface area contributed by atoms with Crippen molar-refractivity contribution >= 4 is 22.3 Å². The van der Waals surface area contributed by atoms with Gasteiger partial charge in [0.05, 0.1) is 0 Å². The first-order valence-electron chi connectivity index (χ1n) is 8.27. The molecule has 0 radical (unpaired) electrons. The van der Waals surface area contributed by atoms with Crippen LogP contribution < -0.4 is 10.4 Å². The van der Waals surface area contributed by atoms with Crippen molar-refractivity contribution in [1.29, 1.82) is 0 Å². The number of benzene rings is 1. The van der Waals surface area contributed by atoms with E-state index >= 15 is 0 Å². The second-order valence-corrected chi connectivity index (χ2v) is 6.59. The Bertz CT molecular complexity index is 1080. The molecule has 0 fully saturated rings. The molecule has 0 unspecified atom stereocenters. The van der Waals surface area contributed by atoms with Gasteiger partial charge < -0.3 is 13.7 Å². The highest BCUT2D eigenvalue weighted by molar-refractivity contribution is 7.08. The number of ether oxygens (including phenoxy) is 1. The largest absolute Gasteiger partial charge is 0.484 e. The lowest BCUT2D eigenvalue weighted by Gasteiger charge is -2.07. The van der Waals surface area contributed by atoms with Gasteiger partial charge in [-0.05, 0) is 35.6 Å². The van der Waals surface area contributed by atoms with Gasteiger partial charge in [0.25, 0.3) is 5.89 Å². The Labute approximate surface area is 153 Å². The van der Waals surface area contributed by atoms with E-state index < -0.39 is 0 Å². The first-order valence-corrected chi connectivity index (χ1v) is 9.22. The zero-order valence-electron chi connectivity index (χ0n) is 14.1. The Morgan fingerprint density at radius 3 is 2.96 bits per heavy atom. The lowest BCUT2D eigenvalue weighted by Crippen LogP contribution is -2.01. The predicted octanol–water partition coefficient (Wildman–Crippen LogP) is 4.44. The molecule has 3 heterocycles. The standard InChI is InChI=1S/C19H16N2O4S/c1-2-3-12-8-18(22)24-16-9-14(4-5-15(12)16)23-10-17-20-19(21-25-17)13-6-7-26-11-13/h4-9,11H,2-3,10H2,1H3. The van der Waals surface area contributed by atoms with Crippen LogP contribution in [0.5, 0.6) is 5.75 Å². The Kier molecular flexibility index (Phi) is 4.53. The smallest absolute Gasteiger partial charge is 0.336 e. The summed E-state index contributed by atoms with van der Waals surface area (Å²) in [6.07, 6.45) is 1.79. The maximum atomic E-state index is 11.7. The average molecular weight is 368 g/mol. The Balaban J connectivity index is 1.53. The van der Waals surface area contributed by atoms with Gasteiger partial charge in [0, 0.05) is 28.5 Å². The third-order valence-corrected chi connectivity index (χ3v) is 4.61. The number of hydrogen-bond acceptors (Lipinski definition) is 7. The van der Waals surface area contributed by atoms with Crippen molar-refractivity contribution in [2.45, 2.75) is 26.4 Å². The van der Waals surface area contributed by atoms with Crippen molar-refractivity contribution < 1.29 is 13.7 Å². The van der Waals surface area contributed by atoms with Gasteiger partial charge in [-0.3, -0.25) is 0 Å². The molecule has 0 N–H and O–H groups in total. The molecule has 4 rings (SSSR count). The highest BCUT2D eigenvalue weighted by Gasteiger charge is 2.11. The number of nitrogens with zero attached hydrogens (tertiary/aromatic N) is 2. The summed E-state index contributed by atoms with van der Waals surface area (Å²) < 4.78 is 16.2. The van der Waals surface area contributed by atoms with Crippen molar-refractivity contribution in [3.05, 3.63) is 63.0 Å². The Morgan fingerprint density at radius 1 is 1.23 bits per heavy atom. The Hall–Kier alpha value is -2.93. The Morgan fingerprint density at radius 2 is 2.15 bits per heavy atom. The van der Waals surface area contributed by atoms with Gasteiger partial charge in [-0.25, -0.2) is 4.79 Å². The van der Waals surface area contributed by atoms with E-state index in [1.54, 1.807) is 23.5 Å². The first-order chi connectivity index (χ1) is 12.7. The van der Waals surface area contributed by atoms with Crippen LogP contribution in [0.25, 0.3) is 22.4 Å². The first kappa shape index (κ1) is 16.5. The molecule has 0 atom stereocenters. The minimum atomic E-state index is -0.351. The maximum Gasteiger partial charge on any atom is 0.336 e. The summed E-state index contributed by atoms with van der Waals surface area (Å²) >= 11 is 1.57. The zero-order chi connectivity index (χ0) is 17.9. The fraction of sp³-hybridized carbons (Fsp3) is 0.211. The fourth-order valence-electron chi connectivity index (χ4n) is 2.74. The monoisotopic (exact) mass is 368 g/mol. The van der Waals surface area contributed by atoms with Gasteiger partial charge in [-0.1, -0.05) is 18.5 Å². The van der Waals surface area contributed by atoms with Crippen molar-refractivity contribution in [1.82, 2.24) is 10.1 Å². The number of fused-ring (bicyclic) bond motifs is 1. The summed E-state index contributed by atoms with van der Waals surface area (Å²) in [5.74, 6) is 1.50. The molecule has 0 aliphatic rings. The van der Waals surface area contributed by atoms with E-state index in [4.69, 9.17) is 13.7 Å². The number of aromatic nitrogens is 2. The van der Waals surface area contributed by atoms with Crippen LogP contribution in [0, 0.1) is 0 Å². The topological polar surface area (TPSA) is 78.4 Å². The van der Waals surface area contributed by atoms with Crippen molar-refractivity contribution in [3.63, 3.8) is 0 Å². The highest BCUT2D eigenvalue weighted by Crippen LogP contribution is 2.24. The van der Waals surface area contributed by atoms with Gasteiger partial charge in [0.1, 0.15) is 11.3 Å².